The first-order chi connectivity index (χ1) is 3.83. The number of hydrogen-bond donors (Lipinski definition) is 0. The lowest BCUT2D eigenvalue weighted by molar-refractivity contribution is 0.768. The normalized spacial score (nSPS) is 9.12. The monoisotopic (exact) mass is 109 g/mol. The lowest BCUT2D eigenvalue weighted by Gasteiger charge is -1.78. The molecule has 1 heterocycles. The molecule has 0 aliphatic carbocycles. The predicted molar refractivity (Wildman–Crippen MR) is 32.4 cm³/mol. The third kappa shape index (κ3) is 0.753. The van der Waals surface area contributed by atoms with Gasteiger partial charge in [0.05, 0.1) is 12.4 Å². The van der Waals surface area contributed by atoms with Crippen LogP contribution in [0.2, 0.25) is 0 Å². The van der Waals surface area contributed by atoms with Crippen molar-refractivity contribution >= 4 is 12.4 Å². The van der Waals surface area contributed by atoms with E-state index in [4.69, 9.17) is 0 Å². The van der Waals surface area contributed by atoms with Crippen LogP contribution in [0, 0.1) is 0 Å². The van der Waals surface area contributed by atoms with E-state index in [9.17, 15) is 0 Å². The summed E-state index contributed by atoms with van der Waals surface area (Å²) in [5.41, 5.74) is 0.813. The van der Waals surface area contributed by atoms with E-state index < -0.39 is 0 Å². The topological polar surface area (TPSA) is 30.2 Å². The summed E-state index contributed by atoms with van der Waals surface area (Å²) in [6.07, 6.45) is 3.46. The van der Waals surface area contributed by atoms with E-state index in [1.54, 1.807) is 17.1 Å². The van der Waals surface area contributed by atoms with E-state index in [0.29, 0.717) is 0 Å². The van der Waals surface area contributed by atoms with Gasteiger partial charge in [0.25, 0.3) is 0 Å². The molecule has 0 fully saturated rings. The van der Waals surface area contributed by atoms with Gasteiger partial charge in [-0.25, -0.2) is 0 Å². The third-order valence-electron chi connectivity index (χ3n) is 0.874. The Bertz CT molecular complexity index is 189. The molecule has 0 radical (unpaired) electrons. The molecule has 0 aromatic carbocycles. The van der Waals surface area contributed by atoms with Gasteiger partial charge in [-0.15, -0.1) is 0 Å². The molecule has 1 aromatic rings. The van der Waals surface area contributed by atoms with E-state index in [2.05, 4.69) is 16.8 Å². The highest BCUT2D eigenvalue weighted by Gasteiger charge is 1.86. The molecule has 0 unspecified atom stereocenters. The van der Waals surface area contributed by atoms with Crippen LogP contribution in [0.4, 0.5) is 5.69 Å². The van der Waals surface area contributed by atoms with Gasteiger partial charge in [-0.2, -0.15) is 5.10 Å². The molecule has 1 rings (SSSR count). The van der Waals surface area contributed by atoms with Gasteiger partial charge < -0.3 is 0 Å². The predicted octanol–water partition coefficient (Wildman–Crippen LogP) is 0.752. The minimum Gasteiger partial charge on any atom is -0.274 e. The van der Waals surface area contributed by atoms with Crippen LogP contribution in [0.3, 0.4) is 0 Å². The average molecular weight is 109 g/mol. The van der Waals surface area contributed by atoms with Crippen LogP contribution in [0.5, 0.6) is 0 Å². The fourth-order valence-electron chi connectivity index (χ4n) is 0.490. The van der Waals surface area contributed by atoms with Gasteiger partial charge in [-0.05, 0) is 6.72 Å². The summed E-state index contributed by atoms with van der Waals surface area (Å²) in [7, 11) is 1.84. The summed E-state index contributed by atoms with van der Waals surface area (Å²) in [5, 5.41) is 3.87. The summed E-state index contributed by atoms with van der Waals surface area (Å²) in [6, 6.07) is 0. The maximum atomic E-state index is 3.87. The molecule has 0 amide bonds. The molecule has 0 saturated carbocycles. The van der Waals surface area contributed by atoms with Crippen LogP contribution in [-0.4, -0.2) is 16.5 Å². The Labute approximate surface area is 47.7 Å². The molecule has 8 heavy (non-hydrogen) atoms. The van der Waals surface area contributed by atoms with E-state index >= 15 is 0 Å². The molecule has 1 aromatic heterocycles. The summed E-state index contributed by atoms with van der Waals surface area (Å²) in [4.78, 5) is 3.66. The van der Waals surface area contributed by atoms with Gasteiger partial charge in [0.15, 0.2) is 0 Å². The van der Waals surface area contributed by atoms with Crippen molar-refractivity contribution in [1.82, 2.24) is 9.78 Å². The van der Waals surface area contributed by atoms with E-state index in [1.807, 2.05) is 7.05 Å². The number of hydrogen-bond acceptors (Lipinski definition) is 2. The lowest BCUT2D eigenvalue weighted by atomic mass is 10.6. The first-order valence-electron chi connectivity index (χ1n) is 2.28. The zero-order chi connectivity index (χ0) is 5.98. The Morgan fingerprint density at radius 3 is 2.88 bits per heavy atom. The third-order valence-corrected chi connectivity index (χ3v) is 0.874. The first-order valence-corrected chi connectivity index (χ1v) is 2.28. The Balaban J connectivity index is 3.00. The summed E-state index contributed by atoms with van der Waals surface area (Å²) in [5.74, 6) is 0. The largest absolute Gasteiger partial charge is 0.274 e. The Morgan fingerprint density at radius 1 is 1.88 bits per heavy atom. The van der Waals surface area contributed by atoms with Gasteiger partial charge in [0, 0.05) is 7.05 Å². The second-order valence-electron chi connectivity index (χ2n) is 1.53. The van der Waals surface area contributed by atoms with Crippen molar-refractivity contribution in [3.8, 4) is 0 Å². The summed E-state index contributed by atoms with van der Waals surface area (Å²) in [6.45, 7) is 3.34. The standard InChI is InChI=1S/C5H7N3/c1-6-5-3-7-8(2)4-5/h3-4H,1H2,2H3. The quantitative estimate of drug-likeness (QED) is 0.489. The zero-order valence-electron chi connectivity index (χ0n) is 4.70. The Morgan fingerprint density at radius 2 is 2.62 bits per heavy atom. The highest BCUT2D eigenvalue weighted by Crippen LogP contribution is 2.05. The summed E-state index contributed by atoms with van der Waals surface area (Å²) >= 11 is 0. The maximum absolute atomic E-state index is 3.87. The molecule has 0 aliphatic rings. The van der Waals surface area contributed by atoms with Crippen LogP contribution in [0.15, 0.2) is 17.4 Å². The van der Waals surface area contributed by atoms with Gasteiger partial charge in [-0.1, -0.05) is 0 Å². The van der Waals surface area contributed by atoms with Gasteiger partial charge in [-0.3, -0.25) is 9.67 Å². The number of aryl methyl sites for hydroxylation is 1. The molecule has 0 bridgehead atoms. The number of nitrogens with zero attached hydrogens (tertiary/aromatic N) is 3. The molecule has 0 aliphatic heterocycles. The molecule has 0 N–H and O–H groups in total. The molecule has 3 heteroatoms. The van der Waals surface area contributed by atoms with Crippen LogP contribution in [-0.2, 0) is 7.05 Å². The van der Waals surface area contributed by atoms with E-state index in [1.165, 1.54) is 0 Å². The molecule has 3 nitrogen and oxygen atoms in total. The van der Waals surface area contributed by atoms with Crippen molar-refractivity contribution in [3.05, 3.63) is 12.4 Å². The summed E-state index contributed by atoms with van der Waals surface area (Å²) < 4.78 is 1.68. The Kier molecular flexibility index (Phi) is 1.12. The van der Waals surface area contributed by atoms with Gasteiger partial charge in [0.2, 0.25) is 0 Å². The van der Waals surface area contributed by atoms with Crippen molar-refractivity contribution in [3.63, 3.8) is 0 Å². The highest BCUT2D eigenvalue weighted by molar-refractivity contribution is 5.41. The van der Waals surface area contributed by atoms with Crippen molar-refractivity contribution in [2.75, 3.05) is 0 Å². The zero-order valence-corrected chi connectivity index (χ0v) is 4.70. The highest BCUT2D eigenvalue weighted by atomic mass is 15.2. The van der Waals surface area contributed by atoms with Gasteiger partial charge in [0.1, 0.15) is 5.69 Å². The molecule has 0 atom stereocenters. The van der Waals surface area contributed by atoms with Crippen molar-refractivity contribution < 1.29 is 0 Å². The fourth-order valence-corrected chi connectivity index (χ4v) is 0.490. The maximum Gasteiger partial charge on any atom is 0.100 e. The lowest BCUT2D eigenvalue weighted by Crippen LogP contribution is -1.83. The second kappa shape index (κ2) is 1.78. The molecule has 42 valence electrons. The fraction of sp³-hybridized carbons (Fsp3) is 0.200. The van der Waals surface area contributed by atoms with Crippen molar-refractivity contribution in [2.24, 2.45) is 12.0 Å². The first kappa shape index (κ1) is 5.03. The molecular weight excluding hydrogens is 102 g/mol. The van der Waals surface area contributed by atoms with Crippen molar-refractivity contribution in [2.45, 2.75) is 0 Å². The number of aliphatic imine (C=N–C) groups is 1. The van der Waals surface area contributed by atoms with Crippen LogP contribution >= 0.6 is 0 Å². The average Bonchev–Trinajstić information content (AvgIpc) is 2.14. The minimum atomic E-state index is 0.813. The van der Waals surface area contributed by atoms with E-state index in [0.717, 1.165) is 5.69 Å². The SMILES string of the molecule is C=Nc1cnn(C)c1. The van der Waals surface area contributed by atoms with Crippen LogP contribution in [0.25, 0.3) is 0 Å². The number of rotatable bonds is 1. The number of aromatic nitrogens is 2. The van der Waals surface area contributed by atoms with Crippen LogP contribution in [0.1, 0.15) is 0 Å². The van der Waals surface area contributed by atoms with Gasteiger partial charge >= 0.3 is 0 Å². The molecule has 0 spiro atoms. The minimum absolute atomic E-state index is 0.813. The smallest absolute Gasteiger partial charge is 0.100 e. The molecule has 0 saturated heterocycles. The van der Waals surface area contributed by atoms with E-state index in [-0.39, 0.29) is 0 Å². The Hall–Kier alpha value is -1.12. The molecular formula is C5H7N3. The van der Waals surface area contributed by atoms with Crippen molar-refractivity contribution in [1.29, 1.82) is 0 Å². The second-order valence-corrected chi connectivity index (χ2v) is 1.53. The van der Waals surface area contributed by atoms with Crippen LogP contribution < -0.4 is 0 Å².